The Kier molecular flexibility index (Phi) is 2.04. The highest BCUT2D eigenvalue weighted by molar-refractivity contribution is 5.84. The SMILES string of the molecule is CCN1Cc2ccnn2CC2(CC(=O)N2)C1.[HH]. The molecule has 88 valence electrons. The van der Waals surface area contributed by atoms with E-state index in [1.807, 2.05) is 10.9 Å². The van der Waals surface area contributed by atoms with E-state index in [1.54, 1.807) is 0 Å². The zero-order chi connectivity index (χ0) is 11.2. The molecule has 3 rings (SSSR count). The van der Waals surface area contributed by atoms with Gasteiger partial charge in [0, 0.05) is 20.7 Å². The summed E-state index contributed by atoms with van der Waals surface area (Å²) in [5.41, 5.74) is 1.16. The van der Waals surface area contributed by atoms with E-state index in [4.69, 9.17) is 0 Å². The number of hydrogen-bond acceptors (Lipinski definition) is 3. The zero-order valence-corrected chi connectivity index (χ0v) is 9.44. The van der Waals surface area contributed by atoms with Gasteiger partial charge in [0.05, 0.1) is 24.2 Å². The second-order valence-electron chi connectivity index (χ2n) is 4.79. The highest BCUT2D eigenvalue weighted by Crippen LogP contribution is 2.27. The number of amides is 1. The van der Waals surface area contributed by atoms with E-state index in [2.05, 4.69) is 28.3 Å². The van der Waals surface area contributed by atoms with Gasteiger partial charge in [-0.25, -0.2) is 0 Å². The third-order valence-corrected chi connectivity index (χ3v) is 3.52. The molecule has 5 nitrogen and oxygen atoms in total. The van der Waals surface area contributed by atoms with Gasteiger partial charge in [0.15, 0.2) is 0 Å². The van der Waals surface area contributed by atoms with Crippen LogP contribution in [0.25, 0.3) is 0 Å². The summed E-state index contributed by atoms with van der Waals surface area (Å²) < 4.78 is 2.02. The number of rotatable bonds is 1. The third-order valence-electron chi connectivity index (χ3n) is 3.52. The molecule has 1 amide bonds. The quantitative estimate of drug-likeness (QED) is 0.692. The summed E-state index contributed by atoms with van der Waals surface area (Å²) in [7, 11) is 0. The molecule has 0 aromatic carbocycles. The summed E-state index contributed by atoms with van der Waals surface area (Å²) in [6.07, 6.45) is 2.46. The summed E-state index contributed by atoms with van der Waals surface area (Å²) in [6.45, 7) is 5.81. The number of likely N-dealkylation sites (N-methyl/N-ethyl adjacent to an activating group) is 1. The van der Waals surface area contributed by atoms with Gasteiger partial charge >= 0.3 is 0 Å². The summed E-state index contributed by atoms with van der Waals surface area (Å²) >= 11 is 0. The Morgan fingerprint density at radius 3 is 3.12 bits per heavy atom. The lowest BCUT2D eigenvalue weighted by atomic mass is 9.86. The van der Waals surface area contributed by atoms with E-state index in [0.717, 1.165) is 26.2 Å². The largest absolute Gasteiger partial charge is 0.347 e. The highest BCUT2D eigenvalue weighted by Gasteiger charge is 2.45. The standard InChI is InChI=1S/C11H16N4O.H2/c1-2-14-6-9-3-4-12-15(9)8-11(7-14)5-10(16)13-11;/h3-4H,2,5-8H2,1H3,(H,13,16);1H. The van der Waals surface area contributed by atoms with E-state index in [0.29, 0.717) is 6.42 Å². The minimum Gasteiger partial charge on any atom is -0.347 e. The molecule has 1 unspecified atom stereocenters. The van der Waals surface area contributed by atoms with E-state index < -0.39 is 0 Å². The summed E-state index contributed by atoms with van der Waals surface area (Å²) in [6, 6.07) is 2.06. The van der Waals surface area contributed by atoms with E-state index in [9.17, 15) is 4.79 Å². The highest BCUT2D eigenvalue weighted by atomic mass is 16.2. The molecular formula is C11H18N4O. The molecule has 0 saturated carbocycles. The fourth-order valence-corrected chi connectivity index (χ4v) is 2.69. The molecule has 1 aromatic heterocycles. The normalized spacial score (nSPS) is 29.4. The maximum absolute atomic E-state index is 11.2. The topological polar surface area (TPSA) is 50.2 Å². The zero-order valence-electron chi connectivity index (χ0n) is 9.44. The van der Waals surface area contributed by atoms with Crippen LogP contribution >= 0.6 is 0 Å². The molecule has 1 fully saturated rings. The van der Waals surface area contributed by atoms with Crippen LogP contribution in [0.5, 0.6) is 0 Å². The van der Waals surface area contributed by atoms with Crippen LogP contribution in [0, 0.1) is 0 Å². The molecule has 5 heteroatoms. The monoisotopic (exact) mass is 222 g/mol. The molecule has 0 bridgehead atoms. The third kappa shape index (κ3) is 1.43. The van der Waals surface area contributed by atoms with Gasteiger partial charge in [0.25, 0.3) is 0 Å². The van der Waals surface area contributed by atoms with Crippen molar-refractivity contribution in [2.75, 3.05) is 13.1 Å². The molecule has 1 saturated heterocycles. The van der Waals surface area contributed by atoms with Crippen LogP contribution in [0.4, 0.5) is 0 Å². The minimum absolute atomic E-state index is 0. The van der Waals surface area contributed by atoms with Crippen LogP contribution in [0.1, 0.15) is 20.5 Å². The van der Waals surface area contributed by atoms with Crippen LogP contribution in [0.2, 0.25) is 0 Å². The Morgan fingerprint density at radius 2 is 2.44 bits per heavy atom. The molecule has 1 spiro atoms. The maximum atomic E-state index is 11.2. The lowest BCUT2D eigenvalue weighted by molar-refractivity contribution is -0.134. The lowest BCUT2D eigenvalue weighted by Crippen LogP contribution is -2.67. The molecule has 0 aliphatic carbocycles. The fraction of sp³-hybridized carbons (Fsp3) is 0.636. The van der Waals surface area contributed by atoms with Crippen LogP contribution in [0.15, 0.2) is 12.3 Å². The van der Waals surface area contributed by atoms with E-state index in [1.165, 1.54) is 5.69 Å². The van der Waals surface area contributed by atoms with Crippen molar-refractivity contribution in [2.45, 2.75) is 32.0 Å². The number of aromatic nitrogens is 2. The lowest BCUT2D eigenvalue weighted by Gasteiger charge is -2.43. The molecule has 0 radical (unpaired) electrons. The second-order valence-corrected chi connectivity index (χ2v) is 4.79. The van der Waals surface area contributed by atoms with Gasteiger partial charge in [-0.05, 0) is 12.6 Å². The average molecular weight is 222 g/mol. The van der Waals surface area contributed by atoms with Gasteiger partial charge in [-0.3, -0.25) is 14.4 Å². The van der Waals surface area contributed by atoms with Crippen LogP contribution in [-0.4, -0.2) is 39.2 Å². The first-order valence-electron chi connectivity index (χ1n) is 5.75. The van der Waals surface area contributed by atoms with Gasteiger partial charge < -0.3 is 5.32 Å². The molecule has 2 aliphatic heterocycles. The number of β-lactam (4-membered cyclic amide) rings is 1. The van der Waals surface area contributed by atoms with Crippen LogP contribution in [0.3, 0.4) is 0 Å². The van der Waals surface area contributed by atoms with Crippen molar-refractivity contribution >= 4 is 5.91 Å². The first kappa shape index (κ1) is 9.84. The Balaban J connectivity index is 0.00000108. The van der Waals surface area contributed by atoms with Crippen molar-refractivity contribution in [2.24, 2.45) is 0 Å². The van der Waals surface area contributed by atoms with Gasteiger partial charge in [0.1, 0.15) is 0 Å². The molecular weight excluding hydrogens is 204 g/mol. The Hall–Kier alpha value is -1.36. The maximum Gasteiger partial charge on any atom is 0.223 e. The van der Waals surface area contributed by atoms with Crippen molar-refractivity contribution in [1.29, 1.82) is 0 Å². The molecule has 1 atom stereocenters. The van der Waals surface area contributed by atoms with Crippen molar-refractivity contribution in [1.82, 2.24) is 20.0 Å². The van der Waals surface area contributed by atoms with E-state index >= 15 is 0 Å². The second kappa shape index (κ2) is 3.31. The molecule has 3 heterocycles. The smallest absolute Gasteiger partial charge is 0.223 e. The average Bonchev–Trinajstić information content (AvgIpc) is 2.56. The van der Waals surface area contributed by atoms with Crippen LogP contribution < -0.4 is 5.32 Å². The van der Waals surface area contributed by atoms with E-state index in [-0.39, 0.29) is 12.9 Å². The number of nitrogens with one attached hydrogen (secondary N) is 1. The number of hydrogen-bond donors (Lipinski definition) is 1. The predicted octanol–water partition coefficient (Wildman–Crippen LogP) is 0.223. The molecule has 2 aliphatic rings. The number of carbonyl (C=O) groups is 1. The Bertz CT molecular complexity index is 423. The summed E-state index contributed by atoms with van der Waals surface area (Å²) in [4.78, 5) is 13.5. The van der Waals surface area contributed by atoms with Crippen molar-refractivity contribution in [3.8, 4) is 0 Å². The molecule has 1 N–H and O–H groups in total. The Labute approximate surface area is 95.9 Å². The molecule has 1 aromatic rings. The summed E-state index contributed by atoms with van der Waals surface area (Å²) in [5.74, 6) is 0.159. The Morgan fingerprint density at radius 1 is 1.62 bits per heavy atom. The van der Waals surface area contributed by atoms with Gasteiger partial charge in [-0.1, -0.05) is 6.92 Å². The van der Waals surface area contributed by atoms with Gasteiger partial charge in [-0.2, -0.15) is 5.10 Å². The van der Waals surface area contributed by atoms with Gasteiger partial charge in [-0.15, -0.1) is 0 Å². The predicted molar refractivity (Wildman–Crippen MR) is 60.8 cm³/mol. The molecule has 16 heavy (non-hydrogen) atoms. The number of nitrogens with zero attached hydrogens (tertiary/aromatic N) is 3. The fourth-order valence-electron chi connectivity index (χ4n) is 2.69. The summed E-state index contributed by atoms with van der Waals surface area (Å²) in [5, 5.41) is 7.38. The minimum atomic E-state index is -0.0790. The van der Waals surface area contributed by atoms with Crippen molar-refractivity contribution in [3.63, 3.8) is 0 Å². The first-order valence-corrected chi connectivity index (χ1v) is 5.75. The number of carbonyl (C=O) groups excluding carboxylic acids is 1. The van der Waals surface area contributed by atoms with Crippen molar-refractivity contribution < 1.29 is 6.22 Å². The van der Waals surface area contributed by atoms with Crippen LogP contribution in [-0.2, 0) is 17.9 Å². The van der Waals surface area contributed by atoms with Gasteiger partial charge in [0.2, 0.25) is 5.91 Å². The van der Waals surface area contributed by atoms with Crippen molar-refractivity contribution in [3.05, 3.63) is 18.0 Å². The first-order chi connectivity index (χ1) is 7.71. The number of fused-ring (bicyclic) bond motifs is 1.